The summed E-state index contributed by atoms with van der Waals surface area (Å²) < 4.78 is 4.82. The van der Waals surface area contributed by atoms with Gasteiger partial charge >= 0.3 is 5.97 Å². The maximum atomic E-state index is 12.0. The van der Waals surface area contributed by atoms with Gasteiger partial charge in [-0.25, -0.2) is 9.78 Å². The Morgan fingerprint density at radius 2 is 2.05 bits per heavy atom. The van der Waals surface area contributed by atoms with Crippen LogP contribution in [0, 0.1) is 0 Å². The van der Waals surface area contributed by atoms with Crippen LogP contribution in [0.3, 0.4) is 0 Å². The van der Waals surface area contributed by atoms with Crippen molar-refractivity contribution in [1.29, 1.82) is 0 Å². The van der Waals surface area contributed by atoms with E-state index in [4.69, 9.17) is 9.84 Å². The molecule has 0 aliphatic rings. The summed E-state index contributed by atoms with van der Waals surface area (Å²) in [6.45, 7) is 1.91. The summed E-state index contributed by atoms with van der Waals surface area (Å²) in [5.41, 5.74) is 1.50. The van der Waals surface area contributed by atoms with Crippen molar-refractivity contribution in [2.24, 2.45) is 0 Å². The molecule has 0 unspecified atom stereocenters. The molecule has 2 N–H and O–H groups in total. The summed E-state index contributed by atoms with van der Waals surface area (Å²) in [7, 11) is 0. The second-order valence-electron chi connectivity index (χ2n) is 4.07. The Kier molecular flexibility index (Phi) is 5.02. The van der Waals surface area contributed by atoms with Crippen LogP contribution in [0.25, 0.3) is 0 Å². The lowest BCUT2D eigenvalue weighted by Crippen LogP contribution is -2.13. The van der Waals surface area contributed by atoms with Crippen LogP contribution >= 0.6 is 11.3 Å². The molecule has 0 aliphatic carbocycles. The molecule has 1 amide bonds. The van der Waals surface area contributed by atoms with Crippen molar-refractivity contribution >= 4 is 28.9 Å². The highest BCUT2D eigenvalue weighted by atomic mass is 32.1. The number of hydrogen-bond acceptors (Lipinski definition) is 6. The molecule has 0 saturated heterocycles. The number of aliphatic hydroxyl groups excluding tert-OH is 1. The largest absolute Gasteiger partial charge is 0.461 e. The first-order valence-electron chi connectivity index (χ1n) is 6.28. The number of aliphatic hydroxyl groups is 1. The molecule has 2 aromatic rings. The summed E-state index contributed by atoms with van der Waals surface area (Å²) in [6.07, 6.45) is 0. The van der Waals surface area contributed by atoms with Crippen molar-refractivity contribution in [2.75, 3.05) is 11.9 Å². The average Bonchev–Trinajstić information content (AvgIpc) is 2.98. The number of amides is 1. The second-order valence-corrected chi connectivity index (χ2v) is 4.93. The highest BCUT2D eigenvalue weighted by molar-refractivity contribution is 7.11. The first-order valence-corrected chi connectivity index (χ1v) is 7.15. The summed E-state index contributed by atoms with van der Waals surface area (Å²) in [5.74, 6) is -0.938. The van der Waals surface area contributed by atoms with Crippen molar-refractivity contribution in [3.63, 3.8) is 0 Å². The van der Waals surface area contributed by atoms with E-state index in [1.807, 2.05) is 0 Å². The van der Waals surface area contributed by atoms with Crippen LogP contribution in [0.15, 0.2) is 29.6 Å². The summed E-state index contributed by atoms with van der Waals surface area (Å²) in [5, 5.41) is 13.3. The van der Waals surface area contributed by atoms with Gasteiger partial charge in [0, 0.05) is 11.1 Å². The van der Waals surface area contributed by atoms with Crippen molar-refractivity contribution < 1.29 is 19.4 Å². The number of esters is 1. The zero-order chi connectivity index (χ0) is 15.2. The molecule has 6 nitrogen and oxygen atoms in total. The lowest BCUT2D eigenvalue weighted by atomic mass is 10.2. The maximum absolute atomic E-state index is 12.0. The molecule has 0 atom stereocenters. The fourth-order valence-electron chi connectivity index (χ4n) is 1.55. The van der Waals surface area contributed by atoms with Gasteiger partial charge in [0.2, 0.25) is 5.01 Å². The van der Waals surface area contributed by atoms with E-state index in [9.17, 15) is 9.59 Å². The van der Waals surface area contributed by atoms with Gasteiger partial charge in [-0.15, -0.1) is 11.3 Å². The lowest BCUT2D eigenvalue weighted by Gasteiger charge is -2.03. The third-order valence-electron chi connectivity index (χ3n) is 2.58. The number of hydrogen-bond donors (Lipinski definition) is 2. The SMILES string of the molecule is CCOC(=O)c1nc(C(=O)Nc2ccc(CO)cc2)cs1. The number of carbonyl (C=O) groups is 2. The van der Waals surface area contributed by atoms with Crippen LogP contribution in [0.1, 0.15) is 32.8 Å². The fourth-order valence-corrected chi connectivity index (χ4v) is 2.24. The van der Waals surface area contributed by atoms with Crippen molar-refractivity contribution in [3.8, 4) is 0 Å². The normalized spacial score (nSPS) is 10.2. The first kappa shape index (κ1) is 15.1. The van der Waals surface area contributed by atoms with Crippen LogP contribution in [0.4, 0.5) is 5.69 Å². The Morgan fingerprint density at radius 3 is 2.67 bits per heavy atom. The van der Waals surface area contributed by atoms with Crippen LogP contribution in [-0.2, 0) is 11.3 Å². The molecule has 0 radical (unpaired) electrons. The minimum absolute atomic E-state index is 0.0524. The number of rotatable bonds is 5. The van der Waals surface area contributed by atoms with E-state index in [0.29, 0.717) is 5.69 Å². The van der Waals surface area contributed by atoms with Gasteiger partial charge in [0.05, 0.1) is 13.2 Å². The zero-order valence-corrected chi connectivity index (χ0v) is 12.1. The highest BCUT2D eigenvalue weighted by Gasteiger charge is 2.16. The van der Waals surface area contributed by atoms with Crippen LogP contribution in [-0.4, -0.2) is 28.6 Å². The first-order chi connectivity index (χ1) is 10.1. The van der Waals surface area contributed by atoms with Crippen LogP contribution < -0.4 is 5.32 Å². The third-order valence-corrected chi connectivity index (χ3v) is 3.40. The van der Waals surface area contributed by atoms with E-state index in [-0.39, 0.29) is 23.9 Å². The second kappa shape index (κ2) is 6.96. The molecule has 0 fully saturated rings. The summed E-state index contributed by atoms with van der Waals surface area (Å²) >= 11 is 1.06. The zero-order valence-electron chi connectivity index (χ0n) is 11.3. The molecule has 1 aromatic carbocycles. The molecule has 0 spiro atoms. The van der Waals surface area contributed by atoms with Crippen molar-refractivity contribution in [2.45, 2.75) is 13.5 Å². The van der Waals surface area contributed by atoms with Gasteiger partial charge in [0.25, 0.3) is 5.91 Å². The minimum Gasteiger partial charge on any atom is -0.461 e. The standard InChI is InChI=1S/C14H14N2O4S/c1-2-20-14(19)13-16-11(8-21-13)12(18)15-10-5-3-9(7-17)4-6-10/h3-6,8,17H,2,7H2,1H3,(H,15,18). The number of benzene rings is 1. The van der Waals surface area contributed by atoms with Crippen LogP contribution in [0.5, 0.6) is 0 Å². The minimum atomic E-state index is -0.533. The Balaban J connectivity index is 2.04. The number of aromatic nitrogens is 1. The fraction of sp³-hybridized carbons (Fsp3) is 0.214. The topological polar surface area (TPSA) is 88.5 Å². The number of thiazole rings is 1. The van der Waals surface area contributed by atoms with Gasteiger partial charge in [0.1, 0.15) is 5.69 Å². The van der Waals surface area contributed by atoms with Gasteiger partial charge < -0.3 is 15.2 Å². The predicted octanol–water partition coefficient (Wildman–Crippen LogP) is 2.06. The van der Waals surface area contributed by atoms with E-state index < -0.39 is 11.9 Å². The van der Waals surface area contributed by atoms with Gasteiger partial charge in [-0.05, 0) is 24.6 Å². The Morgan fingerprint density at radius 1 is 1.33 bits per heavy atom. The van der Waals surface area contributed by atoms with E-state index in [1.54, 1.807) is 31.2 Å². The predicted molar refractivity (Wildman–Crippen MR) is 78.4 cm³/mol. The molecule has 1 aromatic heterocycles. The number of carbonyl (C=O) groups excluding carboxylic acids is 2. The van der Waals surface area contributed by atoms with Gasteiger partial charge in [-0.1, -0.05) is 12.1 Å². The number of anilines is 1. The highest BCUT2D eigenvalue weighted by Crippen LogP contribution is 2.14. The van der Waals surface area contributed by atoms with Gasteiger partial charge in [-0.2, -0.15) is 0 Å². The molecule has 0 bridgehead atoms. The Bertz CT molecular complexity index is 637. The summed E-state index contributed by atoms with van der Waals surface area (Å²) in [4.78, 5) is 27.4. The molecule has 1 heterocycles. The number of nitrogens with one attached hydrogen (secondary N) is 1. The van der Waals surface area contributed by atoms with E-state index in [2.05, 4.69) is 10.3 Å². The molecule has 2 rings (SSSR count). The number of ether oxygens (including phenoxy) is 1. The van der Waals surface area contributed by atoms with E-state index >= 15 is 0 Å². The third kappa shape index (κ3) is 3.87. The molecule has 7 heteroatoms. The molecule has 21 heavy (non-hydrogen) atoms. The van der Waals surface area contributed by atoms with Crippen molar-refractivity contribution in [3.05, 3.63) is 45.9 Å². The molecule has 0 saturated carbocycles. The number of nitrogens with zero attached hydrogens (tertiary/aromatic N) is 1. The summed E-state index contributed by atoms with van der Waals surface area (Å²) in [6, 6.07) is 6.78. The smallest absolute Gasteiger partial charge is 0.367 e. The van der Waals surface area contributed by atoms with E-state index in [1.165, 1.54) is 5.38 Å². The van der Waals surface area contributed by atoms with E-state index in [0.717, 1.165) is 16.9 Å². The monoisotopic (exact) mass is 306 g/mol. The van der Waals surface area contributed by atoms with Crippen molar-refractivity contribution in [1.82, 2.24) is 4.98 Å². The quantitative estimate of drug-likeness (QED) is 0.826. The average molecular weight is 306 g/mol. The van der Waals surface area contributed by atoms with Crippen LogP contribution in [0.2, 0.25) is 0 Å². The maximum Gasteiger partial charge on any atom is 0.367 e. The Hall–Kier alpha value is -2.25. The molecular weight excluding hydrogens is 292 g/mol. The molecule has 110 valence electrons. The van der Waals surface area contributed by atoms with Gasteiger partial charge in [0.15, 0.2) is 0 Å². The van der Waals surface area contributed by atoms with Gasteiger partial charge in [-0.3, -0.25) is 4.79 Å². The molecular formula is C14H14N2O4S. The molecule has 0 aliphatic heterocycles. The lowest BCUT2D eigenvalue weighted by molar-refractivity contribution is 0.0526. The Labute approximate surface area is 125 Å².